The number of halogens is 1. The van der Waals surface area contributed by atoms with Crippen LogP contribution in [0.15, 0.2) is 18.2 Å². The summed E-state index contributed by atoms with van der Waals surface area (Å²) in [5.74, 6) is -0.603. The van der Waals surface area contributed by atoms with Crippen molar-refractivity contribution in [2.75, 3.05) is 25.0 Å². The summed E-state index contributed by atoms with van der Waals surface area (Å²) in [4.78, 5) is 13.2. The van der Waals surface area contributed by atoms with Crippen LogP contribution in [0.25, 0.3) is 0 Å². The second-order valence-electron chi connectivity index (χ2n) is 4.20. The molecule has 0 atom stereocenters. The summed E-state index contributed by atoms with van der Waals surface area (Å²) < 4.78 is 13.7. The van der Waals surface area contributed by atoms with E-state index in [4.69, 9.17) is 18.0 Å². The molecule has 6 heteroatoms. The second-order valence-corrected chi connectivity index (χ2v) is 4.64. The molecule has 0 saturated carbocycles. The first-order valence-corrected chi connectivity index (χ1v) is 6.44. The lowest BCUT2D eigenvalue weighted by molar-refractivity contribution is -0.119. The summed E-state index contributed by atoms with van der Waals surface area (Å²) in [5.41, 5.74) is 6.21. The minimum atomic E-state index is -0.481. The number of amides is 1. The van der Waals surface area contributed by atoms with Gasteiger partial charge in [-0.05, 0) is 18.6 Å². The number of rotatable bonds is 6. The first-order chi connectivity index (χ1) is 8.97. The van der Waals surface area contributed by atoms with Gasteiger partial charge in [0.25, 0.3) is 0 Å². The SMILES string of the molecule is CCCNC(=O)CN(C)c1cccc(F)c1C(N)=S. The minimum Gasteiger partial charge on any atom is -0.389 e. The standard InChI is InChI=1S/C13H18FN3OS/c1-3-7-16-11(18)8-17(2)10-6-4-5-9(14)12(10)13(15)19/h4-6H,3,7-8H2,1-2H3,(H2,15,19)(H,16,18). The van der Waals surface area contributed by atoms with E-state index in [9.17, 15) is 9.18 Å². The number of benzene rings is 1. The van der Waals surface area contributed by atoms with Gasteiger partial charge in [-0.2, -0.15) is 0 Å². The van der Waals surface area contributed by atoms with Gasteiger partial charge in [0, 0.05) is 13.6 Å². The molecule has 0 aliphatic carbocycles. The Morgan fingerprint density at radius 2 is 2.21 bits per heavy atom. The third-order valence-corrected chi connectivity index (χ3v) is 2.81. The molecule has 1 amide bonds. The van der Waals surface area contributed by atoms with Crippen molar-refractivity contribution in [2.45, 2.75) is 13.3 Å². The van der Waals surface area contributed by atoms with E-state index < -0.39 is 5.82 Å². The number of nitrogens with zero attached hydrogens (tertiary/aromatic N) is 1. The van der Waals surface area contributed by atoms with Crippen LogP contribution in [-0.2, 0) is 4.79 Å². The number of nitrogens with two attached hydrogens (primary N) is 1. The van der Waals surface area contributed by atoms with Gasteiger partial charge in [0.05, 0.1) is 17.8 Å². The van der Waals surface area contributed by atoms with Crippen LogP contribution in [0.4, 0.5) is 10.1 Å². The van der Waals surface area contributed by atoms with Gasteiger partial charge in [-0.15, -0.1) is 0 Å². The number of nitrogens with one attached hydrogen (secondary N) is 1. The van der Waals surface area contributed by atoms with Crippen molar-refractivity contribution in [3.63, 3.8) is 0 Å². The topological polar surface area (TPSA) is 58.4 Å². The first kappa shape index (κ1) is 15.4. The Morgan fingerprint density at radius 3 is 2.79 bits per heavy atom. The maximum atomic E-state index is 13.7. The van der Waals surface area contributed by atoms with E-state index in [1.807, 2.05) is 6.92 Å². The molecule has 104 valence electrons. The van der Waals surface area contributed by atoms with Crippen LogP contribution in [0.5, 0.6) is 0 Å². The Kier molecular flexibility index (Phi) is 5.69. The average Bonchev–Trinajstić information content (AvgIpc) is 2.35. The molecule has 1 rings (SSSR count). The Balaban J connectivity index is 2.88. The van der Waals surface area contributed by atoms with Crippen LogP contribution in [0, 0.1) is 5.82 Å². The van der Waals surface area contributed by atoms with E-state index in [-0.39, 0.29) is 23.0 Å². The fourth-order valence-corrected chi connectivity index (χ4v) is 1.90. The predicted octanol–water partition coefficient (Wildman–Crippen LogP) is 1.42. The normalized spacial score (nSPS) is 10.1. The molecule has 0 aliphatic rings. The Morgan fingerprint density at radius 1 is 1.53 bits per heavy atom. The van der Waals surface area contributed by atoms with Crippen molar-refractivity contribution in [3.05, 3.63) is 29.6 Å². The van der Waals surface area contributed by atoms with E-state index in [1.165, 1.54) is 6.07 Å². The molecular weight excluding hydrogens is 265 g/mol. The maximum Gasteiger partial charge on any atom is 0.239 e. The molecule has 0 heterocycles. The number of hydrogen-bond acceptors (Lipinski definition) is 3. The van der Waals surface area contributed by atoms with E-state index >= 15 is 0 Å². The summed E-state index contributed by atoms with van der Waals surface area (Å²) in [6, 6.07) is 4.54. The van der Waals surface area contributed by atoms with Gasteiger partial charge >= 0.3 is 0 Å². The van der Waals surface area contributed by atoms with E-state index in [0.717, 1.165) is 6.42 Å². The second kappa shape index (κ2) is 7.04. The molecule has 0 bridgehead atoms. The zero-order valence-electron chi connectivity index (χ0n) is 11.1. The number of carbonyl (C=O) groups is 1. The Hall–Kier alpha value is -1.69. The molecule has 0 fully saturated rings. The molecule has 0 radical (unpaired) electrons. The van der Waals surface area contributed by atoms with Crippen molar-refractivity contribution in [1.29, 1.82) is 0 Å². The maximum absolute atomic E-state index is 13.7. The smallest absolute Gasteiger partial charge is 0.239 e. The zero-order valence-corrected chi connectivity index (χ0v) is 11.9. The molecular formula is C13H18FN3OS. The summed E-state index contributed by atoms with van der Waals surface area (Å²) in [7, 11) is 1.70. The third kappa shape index (κ3) is 4.17. The number of likely N-dealkylation sites (N-methyl/N-ethyl adjacent to an activating group) is 1. The quantitative estimate of drug-likeness (QED) is 0.775. The molecule has 0 aromatic heterocycles. The van der Waals surface area contributed by atoms with Crippen LogP contribution in [0.2, 0.25) is 0 Å². The highest BCUT2D eigenvalue weighted by molar-refractivity contribution is 7.80. The van der Waals surface area contributed by atoms with Crippen molar-refractivity contribution >= 4 is 28.8 Å². The molecule has 1 aromatic rings. The van der Waals surface area contributed by atoms with Crippen molar-refractivity contribution in [3.8, 4) is 0 Å². The number of thiocarbonyl (C=S) groups is 1. The van der Waals surface area contributed by atoms with Gasteiger partial charge in [-0.25, -0.2) is 4.39 Å². The molecule has 1 aromatic carbocycles. The van der Waals surface area contributed by atoms with Crippen LogP contribution >= 0.6 is 12.2 Å². The van der Waals surface area contributed by atoms with Gasteiger partial charge in [-0.1, -0.05) is 25.2 Å². The molecule has 0 spiro atoms. The van der Waals surface area contributed by atoms with Crippen LogP contribution < -0.4 is 16.0 Å². The zero-order chi connectivity index (χ0) is 14.4. The van der Waals surface area contributed by atoms with E-state index in [1.54, 1.807) is 24.1 Å². The van der Waals surface area contributed by atoms with Crippen molar-refractivity contribution in [2.24, 2.45) is 5.73 Å². The number of carbonyl (C=O) groups excluding carboxylic acids is 1. The third-order valence-electron chi connectivity index (χ3n) is 2.60. The number of anilines is 1. The fraction of sp³-hybridized carbons (Fsp3) is 0.385. The van der Waals surface area contributed by atoms with Gasteiger partial charge in [-0.3, -0.25) is 4.79 Å². The monoisotopic (exact) mass is 283 g/mol. The van der Waals surface area contributed by atoms with Gasteiger partial charge in [0.1, 0.15) is 10.8 Å². The summed E-state index contributed by atoms with van der Waals surface area (Å²) in [5, 5.41) is 2.76. The average molecular weight is 283 g/mol. The highest BCUT2D eigenvalue weighted by Gasteiger charge is 2.16. The van der Waals surface area contributed by atoms with Gasteiger partial charge in [0.2, 0.25) is 5.91 Å². The summed E-state index contributed by atoms with van der Waals surface area (Å²) in [6.45, 7) is 2.72. The number of hydrogen-bond donors (Lipinski definition) is 2. The highest BCUT2D eigenvalue weighted by Crippen LogP contribution is 2.22. The minimum absolute atomic E-state index is 0.0195. The highest BCUT2D eigenvalue weighted by atomic mass is 32.1. The fourth-order valence-electron chi connectivity index (χ4n) is 1.70. The predicted molar refractivity (Wildman–Crippen MR) is 78.9 cm³/mol. The summed E-state index contributed by atoms with van der Waals surface area (Å²) in [6.07, 6.45) is 0.869. The van der Waals surface area contributed by atoms with Crippen molar-refractivity contribution < 1.29 is 9.18 Å². The van der Waals surface area contributed by atoms with Crippen LogP contribution in [0.3, 0.4) is 0 Å². The molecule has 0 saturated heterocycles. The Bertz CT molecular complexity index is 479. The first-order valence-electron chi connectivity index (χ1n) is 6.03. The molecule has 0 aliphatic heterocycles. The van der Waals surface area contributed by atoms with Gasteiger partial charge in [0.15, 0.2) is 0 Å². The van der Waals surface area contributed by atoms with Crippen LogP contribution in [-0.4, -0.2) is 31.0 Å². The molecule has 4 nitrogen and oxygen atoms in total. The molecule has 0 unspecified atom stereocenters. The van der Waals surface area contributed by atoms with Crippen molar-refractivity contribution in [1.82, 2.24) is 5.32 Å². The lowest BCUT2D eigenvalue weighted by Gasteiger charge is -2.21. The Labute approximate surface area is 117 Å². The molecule has 19 heavy (non-hydrogen) atoms. The van der Waals surface area contributed by atoms with Gasteiger partial charge < -0.3 is 16.0 Å². The van der Waals surface area contributed by atoms with E-state index in [2.05, 4.69) is 5.32 Å². The van der Waals surface area contributed by atoms with E-state index in [0.29, 0.717) is 12.2 Å². The summed E-state index contributed by atoms with van der Waals surface area (Å²) >= 11 is 4.85. The lowest BCUT2D eigenvalue weighted by Crippen LogP contribution is -2.36. The van der Waals surface area contributed by atoms with Crippen LogP contribution in [0.1, 0.15) is 18.9 Å². The molecule has 3 N–H and O–H groups in total. The largest absolute Gasteiger partial charge is 0.389 e. The lowest BCUT2D eigenvalue weighted by atomic mass is 10.1.